The molecule has 0 saturated carbocycles. The van der Waals surface area contributed by atoms with Crippen LogP contribution in [0.2, 0.25) is 0 Å². The van der Waals surface area contributed by atoms with E-state index < -0.39 is 11.9 Å². The first-order chi connectivity index (χ1) is 7.20. The van der Waals surface area contributed by atoms with E-state index in [4.69, 9.17) is 4.74 Å². The lowest BCUT2D eigenvalue weighted by Crippen LogP contribution is -2.22. The molecule has 0 heterocycles. The molecule has 0 unspecified atom stereocenters. The zero-order valence-corrected chi connectivity index (χ0v) is 8.14. The summed E-state index contributed by atoms with van der Waals surface area (Å²) >= 11 is 0. The van der Waals surface area contributed by atoms with Gasteiger partial charge < -0.3 is 14.6 Å². The minimum atomic E-state index is -1.13. The van der Waals surface area contributed by atoms with E-state index in [9.17, 15) is 14.7 Å². The Balaban J connectivity index is 2.28. The lowest BCUT2D eigenvalue weighted by Gasteiger charge is -2.04. The van der Waals surface area contributed by atoms with Crippen molar-refractivity contribution in [1.82, 2.24) is 0 Å². The zero-order valence-electron chi connectivity index (χ0n) is 8.14. The average molecular weight is 207 g/mol. The first kappa shape index (κ1) is 11.2. The van der Waals surface area contributed by atoms with Crippen molar-refractivity contribution in [2.45, 2.75) is 12.8 Å². The van der Waals surface area contributed by atoms with Gasteiger partial charge in [0.05, 0.1) is 12.2 Å². The Bertz CT molecular complexity index is 332. The second kappa shape index (κ2) is 5.80. The Morgan fingerprint density at radius 3 is 2.47 bits per heavy atom. The minimum absolute atomic E-state index is 0.0952. The number of carboxylic acids is 1. The number of esters is 1. The van der Waals surface area contributed by atoms with Crippen LogP contribution in [-0.4, -0.2) is 18.5 Å². The highest BCUT2D eigenvalue weighted by Gasteiger charge is 2.04. The standard InChI is InChI=1S/C11H12O4/c12-10(13)7-4-8-15-11(14)9-5-2-1-3-6-9/h1-3,5-6H,4,7-8H2,(H,12,13)/p-1. The van der Waals surface area contributed by atoms with E-state index in [1.807, 2.05) is 0 Å². The maximum Gasteiger partial charge on any atom is 0.338 e. The highest BCUT2D eigenvalue weighted by atomic mass is 16.5. The third-order valence-electron chi connectivity index (χ3n) is 1.77. The fourth-order valence-corrected chi connectivity index (χ4v) is 1.04. The van der Waals surface area contributed by atoms with Gasteiger partial charge >= 0.3 is 5.97 Å². The molecule has 0 aliphatic carbocycles. The molecular weight excluding hydrogens is 196 g/mol. The van der Waals surface area contributed by atoms with Crippen LogP contribution in [0.1, 0.15) is 23.2 Å². The Kier molecular flexibility index (Phi) is 4.34. The fraction of sp³-hybridized carbons (Fsp3) is 0.273. The molecule has 80 valence electrons. The van der Waals surface area contributed by atoms with Crippen molar-refractivity contribution in [2.24, 2.45) is 0 Å². The fourth-order valence-electron chi connectivity index (χ4n) is 1.04. The van der Waals surface area contributed by atoms with Crippen LogP contribution in [0, 0.1) is 0 Å². The van der Waals surface area contributed by atoms with Gasteiger partial charge in [-0.25, -0.2) is 4.79 Å². The number of benzene rings is 1. The summed E-state index contributed by atoms with van der Waals surface area (Å²) in [6.07, 6.45) is 0.184. The predicted molar refractivity (Wildman–Crippen MR) is 51.0 cm³/mol. The van der Waals surface area contributed by atoms with Crippen molar-refractivity contribution < 1.29 is 19.4 Å². The van der Waals surface area contributed by atoms with Crippen molar-refractivity contribution in [3.8, 4) is 0 Å². The maximum absolute atomic E-state index is 11.3. The molecule has 0 aliphatic rings. The Morgan fingerprint density at radius 1 is 1.20 bits per heavy atom. The summed E-state index contributed by atoms with van der Waals surface area (Å²) in [5, 5.41) is 10.1. The number of rotatable bonds is 5. The largest absolute Gasteiger partial charge is 0.550 e. The molecule has 0 atom stereocenters. The molecule has 4 heteroatoms. The average Bonchev–Trinajstić information content (AvgIpc) is 2.25. The van der Waals surface area contributed by atoms with Gasteiger partial charge in [-0.15, -0.1) is 0 Å². The van der Waals surface area contributed by atoms with E-state index in [0.717, 1.165) is 0 Å². The lowest BCUT2D eigenvalue weighted by molar-refractivity contribution is -0.305. The number of ether oxygens (including phenoxy) is 1. The van der Waals surface area contributed by atoms with Crippen LogP contribution >= 0.6 is 0 Å². The normalized spacial score (nSPS) is 9.60. The van der Waals surface area contributed by atoms with Gasteiger partial charge in [-0.3, -0.25) is 0 Å². The zero-order chi connectivity index (χ0) is 11.1. The van der Waals surface area contributed by atoms with Gasteiger partial charge in [-0.05, 0) is 25.0 Å². The molecule has 0 fully saturated rings. The third kappa shape index (κ3) is 4.26. The summed E-state index contributed by atoms with van der Waals surface area (Å²) in [7, 11) is 0. The smallest absolute Gasteiger partial charge is 0.338 e. The molecule has 0 radical (unpaired) electrons. The van der Waals surface area contributed by atoms with Crippen LogP contribution in [0.3, 0.4) is 0 Å². The Labute approximate surface area is 87.5 Å². The Hall–Kier alpha value is -1.84. The lowest BCUT2D eigenvalue weighted by atomic mass is 10.2. The first-order valence-corrected chi connectivity index (χ1v) is 4.62. The third-order valence-corrected chi connectivity index (χ3v) is 1.77. The van der Waals surface area contributed by atoms with Crippen molar-refractivity contribution in [3.05, 3.63) is 35.9 Å². The van der Waals surface area contributed by atoms with Crippen molar-refractivity contribution in [2.75, 3.05) is 6.61 Å². The van der Waals surface area contributed by atoms with Crippen LogP contribution < -0.4 is 5.11 Å². The number of aliphatic carboxylic acids is 1. The second-order valence-corrected chi connectivity index (χ2v) is 2.98. The molecule has 4 nitrogen and oxygen atoms in total. The van der Waals surface area contributed by atoms with Crippen LogP contribution in [0.15, 0.2) is 30.3 Å². The van der Waals surface area contributed by atoms with Gasteiger partial charge in [0.2, 0.25) is 0 Å². The molecule has 15 heavy (non-hydrogen) atoms. The molecule has 0 bridgehead atoms. The molecule has 0 N–H and O–H groups in total. The van der Waals surface area contributed by atoms with Gasteiger partial charge in [0.15, 0.2) is 0 Å². The molecule has 1 aromatic carbocycles. The van der Waals surface area contributed by atoms with E-state index in [1.165, 1.54) is 0 Å². The van der Waals surface area contributed by atoms with Gasteiger partial charge in [0.25, 0.3) is 0 Å². The van der Waals surface area contributed by atoms with Gasteiger partial charge in [0, 0.05) is 5.97 Å². The molecule has 0 amide bonds. The molecule has 1 aromatic rings. The SMILES string of the molecule is O=C([O-])CCCOC(=O)c1ccccc1. The molecular formula is C11H11O4-. The highest BCUT2D eigenvalue weighted by Crippen LogP contribution is 2.01. The molecule has 0 aromatic heterocycles. The molecule has 1 rings (SSSR count). The molecule has 0 aliphatic heterocycles. The van der Waals surface area contributed by atoms with E-state index in [0.29, 0.717) is 5.56 Å². The molecule has 0 saturated heterocycles. The number of carbonyl (C=O) groups is 2. The summed E-state index contributed by atoms with van der Waals surface area (Å²) in [5.41, 5.74) is 0.464. The van der Waals surface area contributed by atoms with Crippen molar-refractivity contribution in [3.63, 3.8) is 0 Å². The van der Waals surface area contributed by atoms with Crippen molar-refractivity contribution in [1.29, 1.82) is 0 Å². The van der Waals surface area contributed by atoms with E-state index in [2.05, 4.69) is 0 Å². The van der Waals surface area contributed by atoms with Gasteiger partial charge in [-0.1, -0.05) is 18.2 Å². The summed E-state index contributed by atoms with van der Waals surface area (Å²) in [4.78, 5) is 21.4. The van der Waals surface area contributed by atoms with Crippen LogP contribution in [0.25, 0.3) is 0 Å². The minimum Gasteiger partial charge on any atom is -0.550 e. The van der Waals surface area contributed by atoms with Gasteiger partial charge in [-0.2, -0.15) is 0 Å². The summed E-state index contributed by atoms with van der Waals surface area (Å²) in [6.45, 7) is 0.0989. The Morgan fingerprint density at radius 2 is 1.87 bits per heavy atom. The summed E-state index contributed by atoms with van der Waals surface area (Å²) < 4.78 is 4.85. The number of carbonyl (C=O) groups excluding carboxylic acids is 2. The number of carboxylic acid groups (broad SMARTS) is 1. The predicted octanol–water partition coefficient (Wildman–Crippen LogP) is 0.373. The van der Waals surface area contributed by atoms with E-state index >= 15 is 0 Å². The second-order valence-electron chi connectivity index (χ2n) is 2.98. The quantitative estimate of drug-likeness (QED) is 0.517. The van der Waals surface area contributed by atoms with Crippen LogP contribution in [0.4, 0.5) is 0 Å². The topological polar surface area (TPSA) is 66.4 Å². The maximum atomic E-state index is 11.3. The van der Waals surface area contributed by atoms with Crippen molar-refractivity contribution >= 4 is 11.9 Å². The monoisotopic (exact) mass is 207 g/mol. The van der Waals surface area contributed by atoms with Crippen LogP contribution in [0.5, 0.6) is 0 Å². The molecule has 0 spiro atoms. The van der Waals surface area contributed by atoms with E-state index in [-0.39, 0.29) is 19.4 Å². The highest BCUT2D eigenvalue weighted by molar-refractivity contribution is 5.89. The van der Waals surface area contributed by atoms with Gasteiger partial charge in [0.1, 0.15) is 0 Å². The van der Waals surface area contributed by atoms with Crippen LogP contribution in [-0.2, 0) is 9.53 Å². The number of hydrogen-bond donors (Lipinski definition) is 0. The summed E-state index contributed by atoms with van der Waals surface area (Å²) in [5.74, 6) is -1.57. The van der Waals surface area contributed by atoms with E-state index in [1.54, 1.807) is 30.3 Å². The first-order valence-electron chi connectivity index (χ1n) is 4.62. The number of hydrogen-bond acceptors (Lipinski definition) is 4. The summed E-state index contributed by atoms with van der Waals surface area (Å²) in [6, 6.07) is 8.55.